The Labute approximate surface area is 229 Å². The Morgan fingerprint density at radius 1 is 0.744 bits per heavy atom. The van der Waals surface area contributed by atoms with Crippen molar-refractivity contribution in [1.29, 1.82) is 0 Å². The molecule has 0 saturated heterocycles. The number of ether oxygens (including phenoxy) is 1. The molecule has 0 aliphatic carbocycles. The first-order chi connectivity index (χ1) is 19.0. The third-order valence-electron chi connectivity index (χ3n) is 6.29. The van der Waals surface area contributed by atoms with Crippen LogP contribution in [0.15, 0.2) is 120 Å². The van der Waals surface area contributed by atoms with E-state index in [1.54, 1.807) is 6.21 Å². The van der Waals surface area contributed by atoms with Crippen LogP contribution in [0.3, 0.4) is 0 Å². The van der Waals surface area contributed by atoms with E-state index in [-0.39, 0.29) is 17.7 Å². The van der Waals surface area contributed by atoms with Crippen LogP contribution in [0.1, 0.15) is 42.0 Å². The maximum atomic E-state index is 13.5. The fourth-order valence-corrected chi connectivity index (χ4v) is 4.19. The second kappa shape index (κ2) is 13.7. The molecule has 2 N–H and O–H groups in total. The second-order valence-electron chi connectivity index (χ2n) is 9.56. The molecule has 0 unspecified atom stereocenters. The Morgan fingerprint density at radius 2 is 1.28 bits per heavy atom. The van der Waals surface area contributed by atoms with E-state index in [0.717, 1.165) is 28.0 Å². The molecule has 0 aliphatic rings. The number of carbonyl (C=O) groups excluding carboxylic acids is 2. The van der Waals surface area contributed by atoms with Gasteiger partial charge >= 0.3 is 0 Å². The van der Waals surface area contributed by atoms with Crippen molar-refractivity contribution < 1.29 is 14.3 Å². The average Bonchev–Trinajstić information content (AvgIpc) is 2.97. The summed E-state index contributed by atoms with van der Waals surface area (Å²) in [4.78, 5) is 26.5. The van der Waals surface area contributed by atoms with Crippen molar-refractivity contribution in [2.24, 2.45) is 11.0 Å². The van der Waals surface area contributed by atoms with E-state index >= 15 is 0 Å². The van der Waals surface area contributed by atoms with Gasteiger partial charge in [0.25, 0.3) is 5.91 Å². The number of amides is 2. The first-order valence-corrected chi connectivity index (χ1v) is 13.0. The van der Waals surface area contributed by atoms with Gasteiger partial charge in [-0.05, 0) is 52.4 Å². The SMILES string of the molecule is CC(C)[C@@H](NC(=O)C(c1ccccc1)c1ccccc1)C(=O)N/N=C\c1ccc(OCc2ccccc2)cc1. The van der Waals surface area contributed by atoms with E-state index in [4.69, 9.17) is 4.74 Å². The number of hydrogen-bond acceptors (Lipinski definition) is 4. The first-order valence-electron chi connectivity index (χ1n) is 13.0. The number of benzene rings is 4. The molecule has 4 aromatic rings. The maximum Gasteiger partial charge on any atom is 0.262 e. The minimum absolute atomic E-state index is 0.141. The summed E-state index contributed by atoms with van der Waals surface area (Å²) in [6, 6.07) is 35.8. The van der Waals surface area contributed by atoms with Crippen LogP contribution in [-0.4, -0.2) is 24.1 Å². The van der Waals surface area contributed by atoms with Gasteiger partial charge in [0.15, 0.2) is 0 Å². The van der Waals surface area contributed by atoms with Gasteiger partial charge < -0.3 is 10.1 Å². The highest BCUT2D eigenvalue weighted by atomic mass is 16.5. The van der Waals surface area contributed by atoms with Crippen molar-refractivity contribution in [3.8, 4) is 5.75 Å². The van der Waals surface area contributed by atoms with Crippen molar-refractivity contribution >= 4 is 18.0 Å². The number of hydrazone groups is 1. The van der Waals surface area contributed by atoms with E-state index in [1.807, 2.05) is 129 Å². The van der Waals surface area contributed by atoms with Crippen molar-refractivity contribution in [1.82, 2.24) is 10.7 Å². The van der Waals surface area contributed by atoms with Crippen molar-refractivity contribution in [3.05, 3.63) is 138 Å². The van der Waals surface area contributed by atoms with E-state index in [2.05, 4.69) is 15.8 Å². The molecule has 0 aromatic heterocycles. The van der Waals surface area contributed by atoms with Gasteiger partial charge in [-0.1, -0.05) is 105 Å². The third kappa shape index (κ3) is 7.89. The van der Waals surface area contributed by atoms with E-state index in [1.165, 1.54) is 0 Å². The number of carbonyl (C=O) groups is 2. The molecule has 0 spiro atoms. The summed E-state index contributed by atoms with van der Waals surface area (Å²) >= 11 is 0. The van der Waals surface area contributed by atoms with Gasteiger partial charge in [0.05, 0.1) is 12.1 Å². The standard InChI is InChI=1S/C33H33N3O3/c1-24(2)31(35-32(37)30(27-14-8-4-9-15-27)28-16-10-5-11-17-28)33(38)36-34-22-25-18-20-29(21-19-25)39-23-26-12-6-3-7-13-26/h3-22,24,30-31H,23H2,1-2H3,(H,35,37)(H,36,38)/b34-22-/t31-/m1/s1. The molecule has 0 saturated carbocycles. The van der Waals surface area contributed by atoms with Crippen molar-refractivity contribution in [2.75, 3.05) is 0 Å². The summed E-state index contributed by atoms with van der Waals surface area (Å²) in [5.41, 5.74) is 6.20. The van der Waals surface area contributed by atoms with E-state index in [0.29, 0.717) is 6.61 Å². The van der Waals surface area contributed by atoms with E-state index < -0.39 is 12.0 Å². The quantitative estimate of drug-likeness (QED) is 0.197. The molecule has 39 heavy (non-hydrogen) atoms. The molecule has 0 heterocycles. The monoisotopic (exact) mass is 519 g/mol. The molecule has 4 rings (SSSR count). The predicted molar refractivity (Wildman–Crippen MR) is 154 cm³/mol. The molecule has 2 amide bonds. The van der Waals surface area contributed by atoms with Crippen LogP contribution >= 0.6 is 0 Å². The fraction of sp³-hybridized carbons (Fsp3) is 0.182. The number of hydrogen-bond donors (Lipinski definition) is 2. The summed E-state index contributed by atoms with van der Waals surface area (Å²) in [6.07, 6.45) is 1.56. The summed E-state index contributed by atoms with van der Waals surface area (Å²) < 4.78 is 5.81. The lowest BCUT2D eigenvalue weighted by Crippen LogP contribution is -2.50. The van der Waals surface area contributed by atoms with Crippen LogP contribution in [0, 0.1) is 5.92 Å². The van der Waals surface area contributed by atoms with Gasteiger partial charge in [-0.3, -0.25) is 9.59 Å². The second-order valence-corrected chi connectivity index (χ2v) is 9.56. The highest BCUT2D eigenvalue weighted by Crippen LogP contribution is 2.25. The highest BCUT2D eigenvalue weighted by molar-refractivity contribution is 5.93. The molecular weight excluding hydrogens is 486 g/mol. The summed E-state index contributed by atoms with van der Waals surface area (Å²) in [5.74, 6) is -0.549. The molecule has 0 radical (unpaired) electrons. The van der Waals surface area contributed by atoms with Gasteiger partial charge in [-0.2, -0.15) is 5.10 Å². The first kappa shape index (κ1) is 27.3. The highest BCUT2D eigenvalue weighted by Gasteiger charge is 2.29. The molecule has 0 aliphatic heterocycles. The van der Waals surface area contributed by atoms with Gasteiger partial charge in [-0.25, -0.2) is 5.43 Å². The molecule has 6 nitrogen and oxygen atoms in total. The number of nitrogens with one attached hydrogen (secondary N) is 2. The lowest BCUT2D eigenvalue weighted by atomic mass is 9.89. The lowest BCUT2D eigenvalue weighted by molar-refractivity contribution is -0.130. The van der Waals surface area contributed by atoms with Crippen LogP contribution in [-0.2, 0) is 16.2 Å². The number of nitrogens with zero attached hydrogens (tertiary/aromatic N) is 1. The Hall–Kier alpha value is -4.71. The van der Waals surface area contributed by atoms with Crippen molar-refractivity contribution in [2.45, 2.75) is 32.4 Å². The molecular formula is C33H33N3O3. The fourth-order valence-electron chi connectivity index (χ4n) is 4.19. The molecule has 6 heteroatoms. The van der Waals surface area contributed by atoms with Crippen LogP contribution in [0.2, 0.25) is 0 Å². The average molecular weight is 520 g/mol. The van der Waals surface area contributed by atoms with Gasteiger partial charge in [-0.15, -0.1) is 0 Å². The maximum absolute atomic E-state index is 13.5. The number of rotatable bonds is 11. The Morgan fingerprint density at radius 3 is 1.82 bits per heavy atom. The smallest absolute Gasteiger partial charge is 0.262 e. The Balaban J connectivity index is 1.37. The third-order valence-corrected chi connectivity index (χ3v) is 6.29. The molecule has 1 atom stereocenters. The molecule has 0 bridgehead atoms. The Kier molecular flexibility index (Phi) is 9.62. The summed E-state index contributed by atoms with van der Waals surface area (Å²) in [6.45, 7) is 4.27. The zero-order valence-electron chi connectivity index (χ0n) is 22.2. The zero-order chi connectivity index (χ0) is 27.5. The van der Waals surface area contributed by atoms with Gasteiger partial charge in [0, 0.05) is 0 Å². The largest absolute Gasteiger partial charge is 0.489 e. The van der Waals surface area contributed by atoms with Crippen LogP contribution in [0.4, 0.5) is 0 Å². The molecule has 4 aromatic carbocycles. The minimum atomic E-state index is -0.752. The zero-order valence-corrected chi connectivity index (χ0v) is 22.2. The normalized spacial score (nSPS) is 11.9. The van der Waals surface area contributed by atoms with Crippen LogP contribution in [0.5, 0.6) is 5.75 Å². The van der Waals surface area contributed by atoms with Crippen molar-refractivity contribution in [3.63, 3.8) is 0 Å². The molecule has 0 fully saturated rings. The lowest BCUT2D eigenvalue weighted by Gasteiger charge is -2.24. The van der Waals surface area contributed by atoms with E-state index in [9.17, 15) is 9.59 Å². The predicted octanol–water partition coefficient (Wildman–Crippen LogP) is 5.69. The molecule has 198 valence electrons. The van der Waals surface area contributed by atoms with Crippen LogP contribution in [0.25, 0.3) is 0 Å². The Bertz CT molecular complexity index is 1320. The summed E-state index contributed by atoms with van der Waals surface area (Å²) in [7, 11) is 0. The minimum Gasteiger partial charge on any atom is -0.489 e. The van der Waals surface area contributed by atoms with Gasteiger partial charge in [0.2, 0.25) is 5.91 Å². The topological polar surface area (TPSA) is 79.8 Å². The summed E-state index contributed by atoms with van der Waals surface area (Å²) in [5, 5.41) is 7.08. The van der Waals surface area contributed by atoms with Gasteiger partial charge in [0.1, 0.15) is 18.4 Å². The van der Waals surface area contributed by atoms with Crippen LogP contribution < -0.4 is 15.5 Å².